The smallest absolute Gasteiger partial charge is 0.347 e. The average Bonchev–Trinajstić information content (AvgIpc) is 1.96. The zero-order chi connectivity index (χ0) is 10.0. The van der Waals surface area contributed by atoms with Gasteiger partial charge in [-0.05, 0) is 11.7 Å². The van der Waals surface area contributed by atoms with E-state index in [-0.39, 0.29) is 5.95 Å². The molecule has 0 unspecified atom stereocenters. The van der Waals surface area contributed by atoms with Crippen LogP contribution in [0.25, 0.3) is 0 Å². The normalized spacial score (nSPS) is 9.62. The highest BCUT2D eigenvalue weighted by Crippen LogP contribution is 1.93. The SMILES string of the molecule is Cc1cc(=O)n(O[N+](=O)[O-])c(N)n1. The molecule has 0 fully saturated rings. The Labute approximate surface area is 71.6 Å². The van der Waals surface area contributed by atoms with Crippen molar-refractivity contribution >= 4 is 5.95 Å². The van der Waals surface area contributed by atoms with Gasteiger partial charge in [-0.15, -0.1) is 0 Å². The molecule has 0 aromatic carbocycles. The third kappa shape index (κ3) is 1.92. The Kier molecular flexibility index (Phi) is 2.13. The maximum absolute atomic E-state index is 11.0. The lowest BCUT2D eigenvalue weighted by Gasteiger charge is -2.01. The lowest BCUT2D eigenvalue weighted by Crippen LogP contribution is -2.32. The van der Waals surface area contributed by atoms with Crippen LogP contribution in [0.15, 0.2) is 10.9 Å². The van der Waals surface area contributed by atoms with Gasteiger partial charge in [0.25, 0.3) is 0 Å². The summed E-state index contributed by atoms with van der Waals surface area (Å²) in [4.78, 5) is 28.4. The van der Waals surface area contributed by atoms with Gasteiger partial charge >= 0.3 is 11.5 Å². The van der Waals surface area contributed by atoms with Gasteiger partial charge in [0.1, 0.15) is 0 Å². The number of hydrogen-bond acceptors (Lipinski definition) is 6. The second-order valence-electron chi connectivity index (χ2n) is 2.19. The van der Waals surface area contributed by atoms with E-state index in [0.29, 0.717) is 10.4 Å². The molecule has 0 saturated carbocycles. The largest absolute Gasteiger partial charge is 0.366 e. The lowest BCUT2D eigenvalue weighted by atomic mass is 10.4. The molecule has 0 aliphatic heterocycles. The van der Waals surface area contributed by atoms with E-state index >= 15 is 0 Å². The van der Waals surface area contributed by atoms with Crippen molar-refractivity contribution in [3.05, 3.63) is 32.2 Å². The van der Waals surface area contributed by atoms with Gasteiger partial charge < -0.3 is 5.73 Å². The first-order chi connectivity index (χ1) is 6.00. The zero-order valence-electron chi connectivity index (χ0n) is 6.63. The van der Waals surface area contributed by atoms with E-state index in [1.165, 1.54) is 6.92 Å². The zero-order valence-corrected chi connectivity index (χ0v) is 6.63. The fraction of sp³-hybridized carbons (Fsp3) is 0.200. The second-order valence-corrected chi connectivity index (χ2v) is 2.19. The van der Waals surface area contributed by atoms with Crippen LogP contribution in [0.4, 0.5) is 5.95 Å². The summed E-state index contributed by atoms with van der Waals surface area (Å²) >= 11 is 0. The van der Waals surface area contributed by atoms with Crippen LogP contribution in [0.2, 0.25) is 0 Å². The van der Waals surface area contributed by atoms with Crippen LogP contribution in [0.5, 0.6) is 0 Å². The number of nitrogen functional groups attached to an aromatic ring is 1. The molecule has 0 amide bonds. The molecule has 0 aliphatic rings. The summed E-state index contributed by atoms with van der Waals surface area (Å²) in [5.41, 5.74) is 4.82. The molecule has 1 rings (SSSR count). The Balaban J connectivity index is 3.21. The van der Waals surface area contributed by atoms with Crippen LogP contribution in [-0.2, 0) is 0 Å². The van der Waals surface area contributed by atoms with Crippen molar-refractivity contribution in [2.45, 2.75) is 6.92 Å². The number of rotatable bonds is 2. The third-order valence-corrected chi connectivity index (χ3v) is 1.18. The van der Waals surface area contributed by atoms with Crippen molar-refractivity contribution in [2.75, 3.05) is 5.73 Å². The number of nitrogens with zero attached hydrogens (tertiary/aromatic N) is 3. The third-order valence-electron chi connectivity index (χ3n) is 1.18. The van der Waals surface area contributed by atoms with Crippen molar-refractivity contribution in [3.63, 3.8) is 0 Å². The van der Waals surface area contributed by atoms with Crippen LogP contribution in [0, 0.1) is 17.0 Å². The van der Waals surface area contributed by atoms with E-state index in [1.54, 1.807) is 0 Å². The van der Waals surface area contributed by atoms with Crippen LogP contribution < -0.4 is 16.2 Å². The summed E-state index contributed by atoms with van der Waals surface area (Å²) in [7, 11) is 0. The Morgan fingerprint density at radius 2 is 2.38 bits per heavy atom. The number of aromatic nitrogens is 2. The lowest BCUT2D eigenvalue weighted by molar-refractivity contribution is -0.749. The minimum Gasteiger partial charge on any atom is -0.347 e. The Morgan fingerprint density at radius 3 is 2.85 bits per heavy atom. The summed E-state index contributed by atoms with van der Waals surface area (Å²) in [5, 5.41) is 8.75. The van der Waals surface area contributed by atoms with E-state index in [0.717, 1.165) is 6.07 Å². The molecule has 1 aromatic rings. The first kappa shape index (κ1) is 8.97. The minimum atomic E-state index is -1.14. The van der Waals surface area contributed by atoms with Crippen LogP contribution in [0.1, 0.15) is 5.69 Å². The molecule has 0 radical (unpaired) electrons. The van der Waals surface area contributed by atoms with E-state index in [1.807, 2.05) is 0 Å². The Bertz CT molecular complexity index is 398. The predicted molar refractivity (Wildman–Crippen MR) is 41.2 cm³/mol. The van der Waals surface area contributed by atoms with Gasteiger partial charge in [-0.1, -0.05) is 0 Å². The van der Waals surface area contributed by atoms with Crippen molar-refractivity contribution in [3.8, 4) is 0 Å². The topological polar surface area (TPSA) is 113 Å². The summed E-state index contributed by atoms with van der Waals surface area (Å²) in [6, 6.07) is 1.07. The fourth-order valence-corrected chi connectivity index (χ4v) is 0.757. The molecular formula is C5H6N4O4. The van der Waals surface area contributed by atoms with Crippen molar-refractivity contribution in [1.82, 2.24) is 9.71 Å². The van der Waals surface area contributed by atoms with Gasteiger partial charge in [-0.3, -0.25) is 0 Å². The summed E-state index contributed by atoms with van der Waals surface area (Å²) < 4.78 is 0.299. The maximum Gasteiger partial charge on any atom is 0.366 e. The van der Waals surface area contributed by atoms with Gasteiger partial charge in [0.15, 0.2) is 5.09 Å². The molecule has 0 bridgehead atoms. The van der Waals surface area contributed by atoms with Crippen molar-refractivity contribution in [2.24, 2.45) is 0 Å². The maximum atomic E-state index is 11.0. The first-order valence-corrected chi connectivity index (χ1v) is 3.19. The Hall–Kier alpha value is -2.12. The van der Waals surface area contributed by atoms with Gasteiger partial charge in [-0.25, -0.2) is 14.9 Å². The van der Waals surface area contributed by atoms with Gasteiger partial charge in [0.2, 0.25) is 0 Å². The monoisotopic (exact) mass is 186 g/mol. The number of anilines is 1. The van der Waals surface area contributed by atoms with Crippen molar-refractivity contribution < 1.29 is 10.0 Å². The number of nitrogens with two attached hydrogens (primary N) is 1. The molecule has 2 N–H and O–H groups in total. The Morgan fingerprint density at radius 1 is 1.77 bits per heavy atom. The highest BCUT2D eigenvalue weighted by molar-refractivity contribution is 5.18. The fourth-order valence-electron chi connectivity index (χ4n) is 0.757. The van der Waals surface area contributed by atoms with Crippen LogP contribution >= 0.6 is 0 Å². The minimum absolute atomic E-state index is 0.299. The van der Waals surface area contributed by atoms with E-state index in [4.69, 9.17) is 5.73 Å². The summed E-state index contributed by atoms with van der Waals surface area (Å²) in [6.45, 7) is 1.54. The van der Waals surface area contributed by atoms with Crippen LogP contribution in [-0.4, -0.2) is 14.8 Å². The highest BCUT2D eigenvalue weighted by Gasteiger charge is 2.10. The van der Waals surface area contributed by atoms with Gasteiger partial charge in [0.05, 0.1) is 11.8 Å². The molecule has 1 aromatic heterocycles. The van der Waals surface area contributed by atoms with E-state index in [9.17, 15) is 14.9 Å². The molecule has 13 heavy (non-hydrogen) atoms. The van der Waals surface area contributed by atoms with Gasteiger partial charge in [0, 0.05) is 0 Å². The molecule has 0 atom stereocenters. The molecule has 1 heterocycles. The van der Waals surface area contributed by atoms with Crippen LogP contribution in [0.3, 0.4) is 0 Å². The summed E-state index contributed by atoms with van der Waals surface area (Å²) in [5.74, 6) is -0.360. The molecule has 0 aliphatic carbocycles. The molecular weight excluding hydrogens is 180 g/mol. The van der Waals surface area contributed by atoms with Crippen molar-refractivity contribution in [1.29, 1.82) is 0 Å². The molecule has 8 heteroatoms. The highest BCUT2D eigenvalue weighted by atomic mass is 17.0. The molecule has 0 saturated heterocycles. The average molecular weight is 186 g/mol. The second kappa shape index (κ2) is 3.09. The standard InChI is InChI=1S/C5H6N4O4/c1-3-2-4(10)8(5(6)7-3)13-9(11)12/h2H,1H3,(H2,6,7). The first-order valence-electron chi connectivity index (χ1n) is 3.19. The van der Waals surface area contributed by atoms with Gasteiger partial charge in [-0.2, -0.15) is 9.92 Å². The van der Waals surface area contributed by atoms with E-state index < -0.39 is 10.6 Å². The number of aryl methyl sites for hydroxylation is 1. The number of hydrogen-bond donors (Lipinski definition) is 1. The molecule has 0 spiro atoms. The molecule has 8 nitrogen and oxygen atoms in total. The van der Waals surface area contributed by atoms with E-state index in [2.05, 4.69) is 9.92 Å². The summed E-state index contributed by atoms with van der Waals surface area (Å²) in [6.07, 6.45) is 0. The predicted octanol–water partition coefficient (Wildman–Crippen LogP) is -1.25. The molecule has 70 valence electrons. The quantitative estimate of drug-likeness (QED) is 0.456.